The second kappa shape index (κ2) is 7.23. The summed E-state index contributed by atoms with van der Waals surface area (Å²) in [6, 6.07) is 2.07. The van der Waals surface area contributed by atoms with E-state index in [4.69, 9.17) is 4.74 Å². The molecule has 1 aromatic rings. The number of hydrogen-bond acceptors (Lipinski definition) is 6. The number of aromatic nitrogens is 2. The molecule has 1 unspecified atom stereocenters. The normalized spacial score (nSPS) is 24.0. The lowest BCUT2D eigenvalue weighted by atomic mass is 9.94. The Kier molecular flexibility index (Phi) is 5.25. The molecule has 0 radical (unpaired) electrons. The van der Waals surface area contributed by atoms with E-state index in [0.717, 1.165) is 63.7 Å². The van der Waals surface area contributed by atoms with Crippen molar-refractivity contribution in [2.45, 2.75) is 51.7 Å². The predicted octanol–water partition coefficient (Wildman–Crippen LogP) is 2.08. The molecule has 0 aliphatic carbocycles. The molecular formula is C18H30N4O2. The minimum Gasteiger partial charge on any atom is -0.390 e. The first kappa shape index (κ1) is 17.4. The number of nitrogens with zero attached hydrogens (tertiary/aromatic N) is 4. The lowest BCUT2D eigenvalue weighted by Gasteiger charge is -2.36. The topological polar surface area (TPSA) is 61.7 Å². The van der Waals surface area contributed by atoms with Crippen molar-refractivity contribution in [1.82, 2.24) is 9.97 Å². The van der Waals surface area contributed by atoms with Gasteiger partial charge >= 0.3 is 0 Å². The fourth-order valence-electron chi connectivity index (χ4n) is 3.30. The highest BCUT2D eigenvalue weighted by Crippen LogP contribution is 2.27. The van der Waals surface area contributed by atoms with Gasteiger partial charge in [-0.25, -0.2) is 9.97 Å². The zero-order valence-corrected chi connectivity index (χ0v) is 15.1. The van der Waals surface area contributed by atoms with Crippen molar-refractivity contribution in [2.24, 2.45) is 5.92 Å². The molecule has 3 heterocycles. The van der Waals surface area contributed by atoms with Crippen LogP contribution in [-0.4, -0.2) is 59.6 Å². The summed E-state index contributed by atoms with van der Waals surface area (Å²) >= 11 is 0. The Morgan fingerprint density at radius 3 is 2.54 bits per heavy atom. The van der Waals surface area contributed by atoms with E-state index in [2.05, 4.69) is 39.7 Å². The summed E-state index contributed by atoms with van der Waals surface area (Å²) in [5.74, 6) is 2.51. The summed E-state index contributed by atoms with van der Waals surface area (Å²) in [6.07, 6.45) is 4.57. The third kappa shape index (κ3) is 4.36. The van der Waals surface area contributed by atoms with Crippen LogP contribution in [0.5, 0.6) is 0 Å². The van der Waals surface area contributed by atoms with Gasteiger partial charge in [0.05, 0.1) is 11.7 Å². The third-order valence-corrected chi connectivity index (χ3v) is 4.94. The third-order valence-electron chi connectivity index (χ3n) is 4.94. The van der Waals surface area contributed by atoms with E-state index in [1.807, 2.05) is 6.92 Å². The standard InChI is InChI=1S/C18H30N4O2/c1-14(2)12-24-15-4-7-22(11-15)17-10-16(19-13-20-17)21-8-5-18(3,23)6-9-21/h10,13-15,23H,4-9,11-12H2,1-3H3. The van der Waals surface area contributed by atoms with Crippen LogP contribution in [0, 0.1) is 5.92 Å². The van der Waals surface area contributed by atoms with Crippen molar-refractivity contribution in [3.8, 4) is 0 Å². The quantitative estimate of drug-likeness (QED) is 0.889. The number of hydrogen-bond donors (Lipinski definition) is 1. The lowest BCUT2D eigenvalue weighted by Crippen LogP contribution is -2.42. The molecule has 2 aliphatic rings. The van der Waals surface area contributed by atoms with E-state index in [1.54, 1.807) is 6.33 Å². The first-order valence-corrected chi connectivity index (χ1v) is 9.09. The van der Waals surface area contributed by atoms with Gasteiger partial charge in [-0.15, -0.1) is 0 Å². The molecule has 0 aromatic carbocycles. The van der Waals surface area contributed by atoms with Crippen LogP contribution in [0.2, 0.25) is 0 Å². The second-order valence-corrected chi connectivity index (χ2v) is 7.80. The molecule has 0 saturated carbocycles. The van der Waals surface area contributed by atoms with Crippen LogP contribution in [0.1, 0.15) is 40.0 Å². The molecule has 3 rings (SSSR count). The van der Waals surface area contributed by atoms with Crippen molar-refractivity contribution in [3.05, 3.63) is 12.4 Å². The second-order valence-electron chi connectivity index (χ2n) is 7.80. The van der Waals surface area contributed by atoms with Gasteiger partial charge in [0.2, 0.25) is 0 Å². The van der Waals surface area contributed by atoms with Crippen LogP contribution in [0.3, 0.4) is 0 Å². The zero-order chi connectivity index (χ0) is 17.2. The monoisotopic (exact) mass is 334 g/mol. The van der Waals surface area contributed by atoms with Crippen molar-refractivity contribution in [2.75, 3.05) is 42.6 Å². The van der Waals surface area contributed by atoms with Crippen LogP contribution < -0.4 is 9.80 Å². The molecule has 6 nitrogen and oxygen atoms in total. The molecule has 2 saturated heterocycles. The number of rotatable bonds is 5. The molecule has 1 aromatic heterocycles. The van der Waals surface area contributed by atoms with E-state index < -0.39 is 5.60 Å². The Morgan fingerprint density at radius 1 is 1.21 bits per heavy atom. The molecule has 24 heavy (non-hydrogen) atoms. The van der Waals surface area contributed by atoms with Gasteiger partial charge in [-0.1, -0.05) is 13.8 Å². The van der Waals surface area contributed by atoms with Crippen molar-refractivity contribution < 1.29 is 9.84 Å². The van der Waals surface area contributed by atoms with E-state index in [1.165, 1.54) is 0 Å². The first-order valence-electron chi connectivity index (χ1n) is 9.09. The molecule has 0 spiro atoms. The zero-order valence-electron chi connectivity index (χ0n) is 15.1. The Balaban J connectivity index is 1.60. The molecule has 6 heteroatoms. The van der Waals surface area contributed by atoms with Crippen molar-refractivity contribution in [3.63, 3.8) is 0 Å². The smallest absolute Gasteiger partial charge is 0.134 e. The summed E-state index contributed by atoms with van der Waals surface area (Å²) in [7, 11) is 0. The maximum Gasteiger partial charge on any atom is 0.134 e. The summed E-state index contributed by atoms with van der Waals surface area (Å²) in [5, 5.41) is 10.1. The van der Waals surface area contributed by atoms with Crippen LogP contribution >= 0.6 is 0 Å². The Bertz CT molecular complexity index is 540. The van der Waals surface area contributed by atoms with E-state index >= 15 is 0 Å². The van der Waals surface area contributed by atoms with Crippen LogP contribution in [0.15, 0.2) is 12.4 Å². The maximum absolute atomic E-state index is 10.1. The minimum absolute atomic E-state index is 0.302. The maximum atomic E-state index is 10.1. The van der Waals surface area contributed by atoms with Gasteiger partial charge < -0.3 is 19.6 Å². The van der Waals surface area contributed by atoms with E-state index in [-0.39, 0.29) is 0 Å². The summed E-state index contributed by atoms with van der Waals surface area (Å²) in [4.78, 5) is 13.4. The highest BCUT2D eigenvalue weighted by Gasteiger charge is 2.29. The number of piperidine rings is 1. The lowest BCUT2D eigenvalue weighted by molar-refractivity contribution is 0.0350. The van der Waals surface area contributed by atoms with Gasteiger partial charge in [-0.2, -0.15) is 0 Å². The Morgan fingerprint density at radius 2 is 1.88 bits per heavy atom. The van der Waals surface area contributed by atoms with Gasteiger partial charge in [0, 0.05) is 38.9 Å². The molecular weight excluding hydrogens is 304 g/mol. The number of aliphatic hydroxyl groups is 1. The highest BCUT2D eigenvalue weighted by molar-refractivity contribution is 5.51. The van der Waals surface area contributed by atoms with Crippen LogP contribution in [-0.2, 0) is 4.74 Å². The van der Waals surface area contributed by atoms with Crippen LogP contribution in [0.4, 0.5) is 11.6 Å². The first-order chi connectivity index (χ1) is 11.4. The molecule has 2 aliphatic heterocycles. The molecule has 2 fully saturated rings. The van der Waals surface area contributed by atoms with Crippen molar-refractivity contribution in [1.29, 1.82) is 0 Å². The molecule has 134 valence electrons. The largest absolute Gasteiger partial charge is 0.390 e. The summed E-state index contributed by atoms with van der Waals surface area (Å²) in [6.45, 7) is 10.6. The van der Waals surface area contributed by atoms with E-state index in [0.29, 0.717) is 12.0 Å². The number of ether oxygens (including phenoxy) is 1. The molecule has 1 atom stereocenters. The van der Waals surface area contributed by atoms with Gasteiger partial charge in [0.15, 0.2) is 0 Å². The Hall–Kier alpha value is -1.40. The molecule has 0 bridgehead atoms. The average Bonchev–Trinajstić information content (AvgIpc) is 3.02. The average molecular weight is 334 g/mol. The predicted molar refractivity (Wildman–Crippen MR) is 95.5 cm³/mol. The van der Waals surface area contributed by atoms with Crippen LogP contribution in [0.25, 0.3) is 0 Å². The van der Waals surface area contributed by atoms with E-state index in [9.17, 15) is 5.11 Å². The summed E-state index contributed by atoms with van der Waals surface area (Å²) < 4.78 is 5.96. The SMILES string of the molecule is CC(C)COC1CCN(c2cc(N3CCC(C)(O)CC3)ncn2)C1. The Labute approximate surface area is 144 Å². The van der Waals surface area contributed by atoms with Gasteiger partial charge in [0.1, 0.15) is 18.0 Å². The van der Waals surface area contributed by atoms with Gasteiger partial charge in [-0.05, 0) is 32.1 Å². The fraction of sp³-hybridized carbons (Fsp3) is 0.778. The molecule has 1 N–H and O–H groups in total. The molecule has 0 amide bonds. The van der Waals surface area contributed by atoms with Gasteiger partial charge in [0.25, 0.3) is 0 Å². The minimum atomic E-state index is -0.539. The highest BCUT2D eigenvalue weighted by atomic mass is 16.5. The number of anilines is 2. The summed E-state index contributed by atoms with van der Waals surface area (Å²) in [5.41, 5.74) is -0.539. The fourth-order valence-corrected chi connectivity index (χ4v) is 3.30. The van der Waals surface area contributed by atoms with Gasteiger partial charge in [-0.3, -0.25) is 0 Å². The van der Waals surface area contributed by atoms with Crippen molar-refractivity contribution >= 4 is 11.6 Å².